The quantitative estimate of drug-likeness (QED) is 0.796. The van der Waals surface area contributed by atoms with Crippen LogP contribution in [0.15, 0.2) is 34.8 Å². The summed E-state index contributed by atoms with van der Waals surface area (Å²) in [5.74, 6) is -0.291. The number of hydrogen-bond acceptors (Lipinski definition) is 4. The van der Waals surface area contributed by atoms with E-state index in [1.807, 2.05) is 18.2 Å². The van der Waals surface area contributed by atoms with Gasteiger partial charge in [-0.3, -0.25) is 20.4 Å². The molecular weight excluding hydrogens is 362 g/mol. The molecule has 0 spiro atoms. The van der Waals surface area contributed by atoms with Gasteiger partial charge in [-0.1, -0.05) is 22.0 Å². The van der Waals surface area contributed by atoms with Gasteiger partial charge in [-0.25, -0.2) is 0 Å². The van der Waals surface area contributed by atoms with E-state index in [9.17, 15) is 9.59 Å². The van der Waals surface area contributed by atoms with E-state index in [1.165, 1.54) is 7.11 Å². The van der Waals surface area contributed by atoms with Gasteiger partial charge in [-0.15, -0.1) is 0 Å². The van der Waals surface area contributed by atoms with Crippen LogP contribution in [0, 0.1) is 0 Å². The molecule has 7 heteroatoms. The van der Waals surface area contributed by atoms with Gasteiger partial charge >= 0.3 is 0 Å². The van der Waals surface area contributed by atoms with Gasteiger partial charge in [0.15, 0.2) is 0 Å². The van der Waals surface area contributed by atoms with Crippen LogP contribution < -0.4 is 15.6 Å². The molecule has 2 N–H and O–H groups in total. The molecule has 0 heterocycles. The summed E-state index contributed by atoms with van der Waals surface area (Å²) in [6.07, 6.45) is 0. The Balaban J connectivity index is 2.23. The standard InChI is InChI=1S/C16H18BrN3O3/c1-20(2)9-15(21)18-19-16(22)13-7-11-6-12(17)5-4-10(11)8-14(13)23-3/h4-8H,9H2,1-3H3,(H,18,21)(H,19,22). The van der Waals surface area contributed by atoms with Crippen LogP contribution in [0.25, 0.3) is 10.8 Å². The molecule has 0 fully saturated rings. The van der Waals surface area contributed by atoms with Crippen molar-refractivity contribution in [1.29, 1.82) is 0 Å². The zero-order valence-electron chi connectivity index (χ0n) is 13.1. The highest BCUT2D eigenvalue weighted by atomic mass is 79.9. The SMILES string of the molecule is COc1cc2ccc(Br)cc2cc1C(=O)NNC(=O)CN(C)C. The number of nitrogens with one attached hydrogen (secondary N) is 2. The first kappa shape index (κ1) is 17.2. The third-order valence-electron chi connectivity index (χ3n) is 3.14. The highest BCUT2D eigenvalue weighted by molar-refractivity contribution is 9.10. The van der Waals surface area contributed by atoms with Crippen LogP contribution >= 0.6 is 15.9 Å². The molecule has 2 amide bonds. The lowest BCUT2D eigenvalue weighted by Crippen LogP contribution is -2.45. The normalized spacial score (nSPS) is 10.7. The first-order valence-electron chi connectivity index (χ1n) is 6.92. The molecule has 0 aliphatic heterocycles. The number of carbonyl (C=O) groups is 2. The fourth-order valence-electron chi connectivity index (χ4n) is 2.11. The Morgan fingerprint density at radius 1 is 1.13 bits per heavy atom. The predicted octanol–water partition coefficient (Wildman–Crippen LogP) is 1.93. The number of benzene rings is 2. The average Bonchev–Trinajstić information content (AvgIpc) is 2.50. The Bertz CT molecular complexity index is 747. The smallest absolute Gasteiger partial charge is 0.273 e. The maximum atomic E-state index is 12.3. The largest absolute Gasteiger partial charge is 0.496 e. The number of methoxy groups -OCH3 is 1. The van der Waals surface area contributed by atoms with Gasteiger partial charge in [-0.05, 0) is 49.1 Å². The molecular formula is C16H18BrN3O3. The van der Waals surface area contributed by atoms with Crippen molar-refractivity contribution in [3.05, 3.63) is 40.4 Å². The topological polar surface area (TPSA) is 70.7 Å². The fraction of sp³-hybridized carbons (Fsp3) is 0.250. The van der Waals surface area contributed by atoms with Crippen molar-refractivity contribution in [1.82, 2.24) is 15.8 Å². The molecule has 122 valence electrons. The number of hydrazine groups is 1. The van der Waals surface area contributed by atoms with Gasteiger partial charge in [0.25, 0.3) is 11.8 Å². The number of fused-ring (bicyclic) bond motifs is 1. The molecule has 2 rings (SSSR count). The fourth-order valence-corrected chi connectivity index (χ4v) is 2.49. The van der Waals surface area contributed by atoms with Crippen molar-refractivity contribution in [2.24, 2.45) is 0 Å². The number of carbonyl (C=O) groups excluding carboxylic acids is 2. The second-order valence-electron chi connectivity index (χ2n) is 5.28. The van der Waals surface area contributed by atoms with Gasteiger partial charge in [0.1, 0.15) is 5.75 Å². The van der Waals surface area contributed by atoms with Gasteiger partial charge in [-0.2, -0.15) is 0 Å². The van der Waals surface area contributed by atoms with Gasteiger partial charge < -0.3 is 9.64 Å². The summed E-state index contributed by atoms with van der Waals surface area (Å²) < 4.78 is 6.20. The molecule has 2 aromatic rings. The number of amides is 2. The molecule has 6 nitrogen and oxygen atoms in total. The Morgan fingerprint density at radius 3 is 2.52 bits per heavy atom. The van der Waals surface area contributed by atoms with Gasteiger partial charge in [0.05, 0.1) is 19.2 Å². The van der Waals surface area contributed by atoms with E-state index < -0.39 is 5.91 Å². The third kappa shape index (κ3) is 4.43. The highest BCUT2D eigenvalue weighted by Gasteiger charge is 2.15. The zero-order chi connectivity index (χ0) is 17.0. The maximum absolute atomic E-state index is 12.3. The van der Waals surface area contributed by atoms with Crippen LogP contribution in [0.5, 0.6) is 5.75 Å². The lowest BCUT2D eigenvalue weighted by molar-refractivity contribution is -0.122. The minimum absolute atomic E-state index is 0.183. The van der Waals surface area contributed by atoms with Crippen LogP contribution in [-0.2, 0) is 4.79 Å². The molecule has 0 atom stereocenters. The third-order valence-corrected chi connectivity index (χ3v) is 3.63. The van der Waals surface area contributed by atoms with E-state index >= 15 is 0 Å². The number of nitrogens with zero attached hydrogens (tertiary/aromatic N) is 1. The molecule has 0 saturated carbocycles. The number of rotatable bonds is 4. The van der Waals surface area contributed by atoms with Crippen molar-refractivity contribution in [3.63, 3.8) is 0 Å². The minimum Gasteiger partial charge on any atom is -0.496 e. The van der Waals surface area contributed by atoms with Gasteiger partial charge in [0, 0.05) is 4.47 Å². The number of ether oxygens (including phenoxy) is 1. The van der Waals surface area contributed by atoms with E-state index in [0.717, 1.165) is 15.2 Å². The molecule has 23 heavy (non-hydrogen) atoms. The van der Waals surface area contributed by atoms with Crippen molar-refractivity contribution >= 4 is 38.5 Å². The Morgan fingerprint density at radius 2 is 1.87 bits per heavy atom. The summed E-state index contributed by atoms with van der Waals surface area (Å²) in [4.78, 5) is 25.6. The summed E-state index contributed by atoms with van der Waals surface area (Å²) in [7, 11) is 5.04. The maximum Gasteiger partial charge on any atom is 0.273 e. The highest BCUT2D eigenvalue weighted by Crippen LogP contribution is 2.28. The molecule has 2 aromatic carbocycles. The average molecular weight is 380 g/mol. The summed E-state index contributed by atoms with van der Waals surface area (Å²) in [5.41, 5.74) is 5.13. The second-order valence-corrected chi connectivity index (χ2v) is 6.20. The zero-order valence-corrected chi connectivity index (χ0v) is 14.7. The molecule has 0 saturated heterocycles. The molecule has 0 aliphatic carbocycles. The lowest BCUT2D eigenvalue weighted by atomic mass is 10.1. The van der Waals surface area contributed by atoms with E-state index in [2.05, 4.69) is 26.8 Å². The second kappa shape index (κ2) is 7.43. The Labute approximate surface area is 142 Å². The van der Waals surface area contributed by atoms with Crippen molar-refractivity contribution in [2.45, 2.75) is 0 Å². The molecule has 0 unspecified atom stereocenters. The molecule has 0 aliphatic rings. The Hall–Kier alpha value is -2.12. The lowest BCUT2D eigenvalue weighted by Gasteiger charge is -2.13. The first-order chi connectivity index (χ1) is 10.9. The summed E-state index contributed by atoms with van der Waals surface area (Å²) in [6, 6.07) is 9.28. The summed E-state index contributed by atoms with van der Waals surface area (Å²) in [5, 5.41) is 1.85. The van der Waals surface area contributed by atoms with Crippen LogP contribution in [0.4, 0.5) is 0 Å². The van der Waals surface area contributed by atoms with Crippen LogP contribution in [0.2, 0.25) is 0 Å². The van der Waals surface area contributed by atoms with Crippen LogP contribution in [0.3, 0.4) is 0 Å². The number of hydrogen-bond donors (Lipinski definition) is 2. The number of halogens is 1. The Kier molecular flexibility index (Phi) is 5.57. The van der Waals surface area contributed by atoms with Crippen molar-refractivity contribution in [3.8, 4) is 5.75 Å². The van der Waals surface area contributed by atoms with E-state index in [0.29, 0.717) is 11.3 Å². The van der Waals surface area contributed by atoms with E-state index in [1.54, 1.807) is 31.1 Å². The van der Waals surface area contributed by atoms with E-state index in [4.69, 9.17) is 4.74 Å². The molecule has 0 radical (unpaired) electrons. The molecule has 0 aromatic heterocycles. The van der Waals surface area contributed by atoms with Gasteiger partial charge in [0.2, 0.25) is 0 Å². The minimum atomic E-state index is -0.434. The predicted molar refractivity (Wildman–Crippen MR) is 92.4 cm³/mol. The summed E-state index contributed by atoms with van der Waals surface area (Å²) >= 11 is 3.41. The van der Waals surface area contributed by atoms with Crippen molar-refractivity contribution < 1.29 is 14.3 Å². The van der Waals surface area contributed by atoms with Crippen LogP contribution in [0.1, 0.15) is 10.4 Å². The van der Waals surface area contributed by atoms with E-state index in [-0.39, 0.29) is 12.5 Å². The van der Waals surface area contributed by atoms with Crippen molar-refractivity contribution in [2.75, 3.05) is 27.7 Å². The first-order valence-corrected chi connectivity index (χ1v) is 7.71. The monoisotopic (exact) mass is 379 g/mol. The number of likely N-dealkylation sites (N-methyl/N-ethyl adjacent to an activating group) is 1. The molecule has 0 bridgehead atoms. The van der Waals surface area contributed by atoms with Crippen LogP contribution in [-0.4, -0.2) is 44.5 Å². The summed E-state index contributed by atoms with van der Waals surface area (Å²) in [6.45, 7) is 0.183.